The van der Waals surface area contributed by atoms with E-state index in [4.69, 9.17) is 21.4 Å². The molecule has 1 rings (SSSR count). The van der Waals surface area contributed by atoms with Crippen molar-refractivity contribution in [2.45, 2.75) is 30.6 Å². The molecular weight excluding hydrogens is 242 g/mol. The Morgan fingerprint density at radius 3 is 2.44 bits per heavy atom. The third kappa shape index (κ3) is 2.82. The molecule has 1 heterocycles. The monoisotopic (exact) mass is 255 g/mol. The molecule has 1 aliphatic heterocycles. The summed E-state index contributed by atoms with van der Waals surface area (Å²) in [5.41, 5.74) is 0. The van der Waals surface area contributed by atoms with E-state index < -0.39 is 43.2 Å². The normalized spacial score (nSPS) is 39.4. The fourth-order valence-corrected chi connectivity index (χ4v) is 1.55. The van der Waals surface area contributed by atoms with Crippen molar-refractivity contribution >= 4 is 17.5 Å². The maximum Gasteiger partial charge on any atom is 0.235 e. The Hall–Kier alpha value is -0.440. The van der Waals surface area contributed by atoms with Crippen molar-refractivity contribution in [2.24, 2.45) is 0 Å². The molecule has 0 saturated carbocycles. The van der Waals surface area contributed by atoms with Gasteiger partial charge in [-0.25, -0.2) is 0 Å². The highest BCUT2D eigenvalue weighted by molar-refractivity contribution is 6.27. The fraction of sp³-hybridized carbons (Fsp3) is 0.875. The summed E-state index contributed by atoms with van der Waals surface area (Å²) in [6.07, 6.45) is -5.43. The quantitative estimate of drug-likeness (QED) is 0.346. The molecule has 1 aliphatic rings. The van der Waals surface area contributed by atoms with Gasteiger partial charge in [0.2, 0.25) is 5.91 Å². The van der Waals surface area contributed by atoms with Gasteiger partial charge in [0.15, 0.2) is 6.29 Å². The average Bonchev–Trinajstić information content (AvgIpc) is 2.28. The minimum atomic E-state index is -1.51. The lowest BCUT2D eigenvalue weighted by molar-refractivity contribution is -0.253. The smallest absolute Gasteiger partial charge is 0.235 e. The minimum Gasteiger partial charge on any atom is -0.394 e. The van der Waals surface area contributed by atoms with E-state index in [-0.39, 0.29) is 5.88 Å². The van der Waals surface area contributed by atoms with Crippen molar-refractivity contribution < 1.29 is 30.0 Å². The molecule has 0 radical (unpaired) electrons. The second-order valence-electron chi connectivity index (χ2n) is 3.46. The summed E-state index contributed by atoms with van der Waals surface area (Å²) < 4.78 is 4.81. The van der Waals surface area contributed by atoms with Gasteiger partial charge in [-0.1, -0.05) is 0 Å². The number of nitrogens with one attached hydrogen (secondary N) is 1. The van der Waals surface area contributed by atoms with Crippen LogP contribution in [0.1, 0.15) is 0 Å². The van der Waals surface area contributed by atoms with Crippen LogP contribution in [-0.2, 0) is 9.53 Å². The van der Waals surface area contributed by atoms with Gasteiger partial charge in [0.25, 0.3) is 0 Å². The highest BCUT2D eigenvalue weighted by Gasteiger charge is 2.44. The van der Waals surface area contributed by atoms with Gasteiger partial charge in [-0.2, -0.15) is 0 Å². The number of ether oxygens (including phenoxy) is 1. The van der Waals surface area contributed by atoms with Gasteiger partial charge < -0.3 is 30.5 Å². The topological polar surface area (TPSA) is 119 Å². The van der Waals surface area contributed by atoms with Crippen LogP contribution in [0, 0.1) is 0 Å². The predicted molar refractivity (Wildman–Crippen MR) is 52.6 cm³/mol. The Bertz CT molecular complexity index is 253. The number of hydrogen-bond donors (Lipinski definition) is 5. The molecule has 8 heteroatoms. The Labute approximate surface area is 96.6 Å². The van der Waals surface area contributed by atoms with Gasteiger partial charge in [0.1, 0.15) is 30.2 Å². The number of amides is 1. The summed E-state index contributed by atoms with van der Waals surface area (Å²) in [6.45, 7) is -0.550. The molecule has 0 aromatic rings. The molecule has 1 unspecified atom stereocenters. The Morgan fingerprint density at radius 1 is 1.31 bits per heavy atom. The van der Waals surface area contributed by atoms with E-state index in [1.807, 2.05) is 0 Å². The fourth-order valence-electron chi connectivity index (χ4n) is 1.48. The number of halogens is 1. The molecule has 0 aromatic heterocycles. The predicted octanol–water partition coefficient (Wildman–Crippen LogP) is -2.86. The third-order valence-corrected chi connectivity index (χ3v) is 2.59. The van der Waals surface area contributed by atoms with Crippen LogP contribution in [0.2, 0.25) is 0 Å². The van der Waals surface area contributed by atoms with Gasteiger partial charge >= 0.3 is 0 Å². The van der Waals surface area contributed by atoms with E-state index in [0.29, 0.717) is 0 Å². The van der Waals surface area contributed by atoms with Crippen LogP contribution in [-0.4, -0.2) is 69.5 Å². The van der Waals surface area contributed by atoms with E-state index in [1.165, 1.54) is 0 Å². The van der Waals surface area contributed by atoms with Crippen LogP contribution in [0.3, 0.4) is 0 Å². The molecule has 1 fully saturated rings. The minimum absolute atomic E-state index is 0.338. The second kappa shape index (κ2) is 5.76. The summed E-state index contributed by atoms with van der Waals surface area (Å²) in [4.78, 5) is 11.0. The maximum atomic E-state index is 11.0. The molecule has 0 spiro atoms. The summed E-state index contributed by atoms with van der Waals surface area (Å²) in [7, 11) is 0. The first kappa shape index (κ1) is 13.6. The van der Waals surface area contributed by atoms with Crippen LogP contribution < -0.4 is 5.32 Å². The molecule has 0 aromatic carbocycles. The van der Waals surface area contributed by atoms with Crippen molar-refractivity contribution in [3.05, 3.63) is 0 Å². The molecule has 0 bridgehead atoms. The molecule has 5 atom stereocenters. The van der Waals surface area contributed by atoms with Crippen molar-refractivity contribution in [1.82, 2.24) is 5.32 Å². The van der Waals surface area contributed by atoms with E-state index >= 15 is 0 Å². The van der Waals surface area contributed by atoms with Crippen molar-refractivity contribution in [1.29, 1.82) is 0 Å². The third-order valence-electron chi connectivity index (χ3n) is 2.35. The number of aliphatic hydroxyl groups is 4. The Morgan fingerprint density at radius 2 is 1.94 bits per heavy atom. The first-order valence-corrected chi connectivity index (χ1v) is 5.20. The molecule has 94 valence electrons. The van der Waals surface area contributed by atoms with Crippen LogP contribution in [0.5, 0.6) is 0 Å². The summed E-state index contributed by atoms with van der Waals surface area (Å²) in [5.74, 6) is -0.946. The highest BCUT2D eigenvalue weighted by Crippen LogP contribution is 2.19. The van der Waals surface area contributed by atoms with Gasteiger partial charge in [-0.15, -0.1) is 11.6 Å². The zero-order chi connectivity index (χ0) is 12.3. The van der Waals surface area contributed by atoms with E-state index in [1.54, 1.807) is 0 Å². The molecule has 1 saturated heterocycles. The number of carbonyl (C=O) groups excluding carboxylic acids is 1. The van der Waals surface area contributed by atoms with Crippen LogP contribution in [0.4, 0.5) is 0 Å². The lowest BCUT2D eigenvalue weighted by Crippen LogP contribution is -2.64. The maximum absolute atomic E-state index is 11.0. The lowest BCUT2D eigenvalue weighted by Gasteiger charge is -2.40. The Kier molecular flexibility index (Phi) is 4.90. The summed E-state index contributed by atoms with van der Waals surface area (Å²) in [6, 6.07) is -1.18. The Balaban J connectivity index is 2.67. The number of rotatable bonds is 3. The SMILES string of the molecule is O=C(CCl)N[C@@H]1C(O)O[C@H](CO)[C@@H](O)[C@@H]1O. The number of aliphatic hydroxyl groups excluding tert-OH is 4. The second-order valence-corrected chi connectivity index (χ2v) is 3.72. The van der Waals surface area contributed by atoms with Gasteiger partial charge in [-0.05, 0) is 0 Å². The summed E-state index contributed by atoms with van der Waals surface area (Å²) in [5, 5.41) is 39.5. The van der Waals surface area contributed by atoms with Crippen molar-refractivity contribution in [3.63, 3.8) is 0 Å². The van der Waals surface area contributed by atoms with Crippen LogP contribution in [0.15, 0.2) is 0 Å². The van der Waals surface area contributed by atoms with Gasteiger partial charge in [0, 0.05) is 0 Å². The molecule has 1 amide bonds. The number of alkyl halides is 1. The van der Waals surface area contributed by atoms with Crippen molar-refractivity contribution in [2.75, 3.05) is 12.5 Å². The van der Waals surface area contributed by atoms with Gasteiger partial charge in [-0.3, -0.25) is 4.79 Å². The highest BCUT2D eigenvalue weighted by atomic mass is 35.5. The molecule has 7 nitrogen and oxygen atoms in total. The zero-order valence-corrected chi connectivity index (χ0v) is 9.04. The summed E-state index contributed by atoms with van der Waals surface area (Å²) >= 11 is 5.24. The van der Waals surface area contributed by atoms with E-state index in [2.05, 4.69) is 5.32 Å². The van der Waals surface area contributed by atoms with Gasteiger partial charge in [0.05, 0.1) is 6.61 Å². The average molecular weight is 256 g/mol. The van der Waals surface area contributed by atoms with Crippen LogP contribution >= 0.6 is 11.6 Å². The van der Waals surface area contributed by atoms with Crippen molar-refractivity contribution in [3.8, 4) is 0 Å². The standard InChI is InChI=1S/C8H14ClNO6/c9-1-4(12)10-5-7(14)6(13)3(2-11)16-8(5)15/h3,5-8,11,13-15H,1-2H2,(H,10,12)/t3-,5+,6-,7-,8?/m1/s1. The largest absolute Gasteiger partial charge is 0.394 e. The first-order valence-electron chi connectivity index (χ1n) is 4.67. The van der Waals surface area contributed by atoms with Crippen LogP contribution in [0.25, 0.3) is 0 Å². The zero-order valence-electron chi connectivity index (χ0n) is 8.28. The molecule has 16 heavy (non-hydrogen) atoms. The van der Waals surface area contributed by atoms with E-state index in [0.717, 1.165) is 0 Å². The molecule has 0 aliphatic carbocycles. The molecule has 5 N–H and O–H groups in total. The first-order chi connectivity index (χ1) is 7.51. The number of carbonyl (C=O) groups is 1. The molecular formula is C8H14ClNO6. The number of hydrogen-bond acceptors (Lipinski definition) is 6. The van der Waals surface area contributed by atoms with E-state index in [9.17, 15) is 20.1 Å². The lowest BCUT2D eigenvalue weighted by atomic mass is 9.97.